The van der Waals surface area contributed by atoms with Gasteiger partial charge in [-0.25, -0.2) is 8.57 Å². The number of halogens is 1. The Kier molecular flexibility index (Phi) is 3.82. The third kappa shape index (κ3) is 3.28. The van der Waals surface area contributed by atoms with E-state index in [1.54, 1.807) is 12.1 Å². The minimum Gasteiger partial charge on any atom is -0.229 e. The maximum absolute atomic E-state index is 12.8. The molecule has 0 aliphatic carbocycles. The molecule has 3 nitrogen and oxygen atoms in total. The predicted octanol–water partition coefficient (Wildman–Crippen LogP) is 2.41. The molecular weight excluding hydrogens is 219 g/mol. The predicted molar refractivity (Wildman–Crippen MR) is 54.6 cm³/mol. The number of benzene rings is 1. The van der Waals surface area contributed by atoms with Gasteiger partial charge < -0.3 is 0 Å². The molecule has 0 bridgehead atoms. The van der Waals surface area contributed by atoms with Crippen molar-refractivity contribution < 1.29 is 17.0 Å². The molecule has 5 heteroatoms. The Labute approximate surface area is 89.0 Å². The van der Waals surface area contributed by atoms with E-state index < -0.39 is 16.5 Å². The van der Waals surface area contributed by atoms with Crippen molar-refractivity contribution in [2.24, 2.45) is 0 Å². The largest absolute Gasteiger partial charge is 0.299 e. The van der Waals surface area contributed by atoms with Crippen LogP contribution in [0.3, 0.4) is 0 Å². The Bertz CT molecular complexity index is 411. The molecule has 1 aromatic carbocycles. The molecule has 0 spiro atoms. The lowest BCUT2D eigenvalue weighted by atomic mass is 10.2. The normalized spacial score (nSPS) is 13.8. The summed E-state index contributed by atoms with van der Waals surface area (Å²) in [4.78, 5) is -0.0239. The summed E-state index contributed by atoms with van der Waals surface area (Å²) in [5, 5.41) is 0. The third-order valence-electron chi connectivity index (χ3n) is 1.86. The van der Waals surface area contributed by atoms with Gasteiger partial charge in [0.1, 0.15) is 0 Å². The maximum Gasteiger partial charge on any atom is 0.299 e. The standard InChI is InChI=1S/C10H13FO3S/c1-3-10(11)14-15(12,13)9-6-4-8(2)5-7-9/h4-7,10H,3H2,1-2H3. The summed E-state index contributed by atoms with van der Waals surface area (Å²) >= 11 is 0. The minimum atomic E-state index is -3.96. The van der Waals surface area contributed by atoms with Crippen molar-refractivity contribution in [1.29, 1.82) is 0 Å². The van der Waals surface area contributed by atoms with Crippen LogP contribution in [0.1, 0.15) is 18.9 Å². The lowest BCUT2D eigenvalue weighted by molar-refractivity contribution is 0.0712. The topological polar surface area (TPSA) is 43.4 Å². The summed E-state index contributed by atoms with van der Waals surface area (Å²) in [6.07, 6.45) is -1.78. The van der Waals surface area contributed by atoms with Gasteiger partial charge in [-0.3, -0.25) is 0 Å². The highest BCUT2D eigenvalue weighted by Gasteiger charge is 2.19. The van der Waals surface area contributed by atoms with Crippen LogP contribution in [0.4, 0.5) is 4.39 Å². The summed E-state index contributed by atoms with van der Waals surface area (Å²) in [6, 6.07) is 6.06. The molecule has 0 N–H and O–H groups in total. The van der Waals surface area contributed by atoms with Crippen LogP contribution < -0.4 is 0 Å². The smallest absolute Gasteiger partial charge is 0.229 e. The number of hydrogen-bond donors (Lipinski definition) is 0. The van der Waals surface area contributed by atoms with Gasteiger partial charge in [0.25, 0.3) is 10.1 Å². The molecule has 15 heavy (non-hydrogen) atoms. The van der Waals surface area contributed by atoms with Crippen molar-refractivity contribution >= 4 is 10.1 Å². The van der Waals surface area contributed by atoms with E-state index in [2.05, 4.69) is 4.18 Å². The van der Waals surface area contributed by atoms with Gasteiger partial charge in [0.15, 0.2) is 0 Å². The monoisotopic (exact) mass is 232 g/mol. The lowest BCUT2D eigenvalue weighted by Gasteiger charge is -2.07. The van der Waals surface area contributed by atoms with Gasteiger partial charge in [0, 0.05) is 6.42 Å². The average Bonchev–Trinajstić information content (AvgIpc) is 2.17. The second kappa shape index (κ2) is 4.72. The van der Waals surface area contributed by atoms with E-state index in [0.717, 1.165) is 5.56 Å². The fourth-order valence-electron chi connectivity index (χ4n) is 0.966. The SMILES string of the molecule is CCC(F)OS(=O)(=O)c1ccc(C)cc1. The molecule has 1 aromatic rings. The van der Waals surface area contributed by atoms with E-state index in [9.17, 15) is 12.8 Å². The number of aryl methyl sites for hydroxylation is 1. The Balaban J connectivity index is 2.91. The zero-order chi connectivity index (χ0) is 11.5. The average molecular weight is 232 g/mol. The zero-order valence-electron chi connectivity index (χ0n) is 8.60. The Morgan fingerprint density at radius 3 is 2.33 bits per heavy atom. The van der Waals surface area contributed by atoms with Crippen LogP contribution in [0.25, 0.3) is 0 Å². The van der Waals surface area contributed by atoms with Crippen LogP contribution >= 0.6 is 0 Å². The first kappa shape index (κ1) is 12.1. The molecule has 0 heterocycles. The van der Waals surface area contributed by atoms with Gasteiger partial charge in [0.2, 0.25) is 6.36 Å². The molecule has 0 amide bonds. The first-order valence-corrected chi connectivity index (χ1v) is 6.00. The van der Waals surface area contributed by atoms with Gasteiger partial charge in [0.05, 0.1) is 4.90 Å². The van der Waals surface area contributed by atoms with E-state index in [1.807, 2.05) is 6.92 Å². The lowest BCUT2D eigenvalue weighted by Crippen LogP contribution is -2.13. The summed E-state index contributed by atoms with van der Waals surface area (Å²) in [5.74, 6) is 0. The molecule has 0 aliphatic rings. The Hall–Kier alpha value is -0.940. The van der Waals surface area contributed by atoms with Crippen molar-refractivity contribution in [2.45, 2.75) is 31.5 Å². The molecule has 0 aliphatic heterocycles. The van der Waals surface area contributed by atoms with Gasteiger partial charge in [-0.05, 0) is 19.1 Å². The molecule has 1 unspecified atom stereocenters. The minimum absolute atomic E-state index is 0.00505. The highest BCUT2D eigenvalue weighted by molar-refractivity contribution is 7.86. The van der Waals surface area contributed by atoms with Gasteiger partial charge in [-0.1, -0.05) is 24.6 Å². The molecule has 1 atom stereocenters. The molecule has 84 valence electrons. The van der Waals surface area contributed by atoms with Gasteiger partial charge >= 0.3 is 0 Å². The number of hydrogen-bond acceptors (Lipinski definition) is 3. The van der Waals surface area contributed by atoms with E-state index in [4.69, 9.17) is 0 Å². The van der Waals surface area contributed by atoms with Crippen molar-refractivity contribution in [3.8, 4) is 0 Å². The van der Waals surface area contributed by atoms with E-state index in [1.165, 1.54) is 19.1 Å². The van der Waals surface area contributed by atoms with Crippen LogP contribution in [-0.2, 0) is 14.3 Å². The quantitative estimate of drug-likeness (QED) is 0.749. The van der Waals surface area contributed by atoms with E-state index in [-0.39, 0.29) is 11.3 Å². The second-order valence-electron chi connectivity index (χ2n) is 3.18. The Morgan fingerprint density at radius 1 is 1.33 bits per heavy atom. The first-order chi connectivity index (χ1) is 6.95. The number of rotatable bonds is 4. The van der Waals surface area contributed by atoms with Gasteiger partial charge in [-0.2, -0.15) is 8.42 Å². The van der Waals surface area contributed by atoms with Crippen molar-refractivity contribution in [3.05, 3.63) is 29.8 Å². The van der Waals surface area contributed by atoms with Crippen molar-refractivity contribution in [2.75, 3.05) is 0 Å². The number of alkyl halides is 1. The molecule has 0 radical (unpaired) electrons. The van der Waals surface area contributed by atoms with Crippen molar-refractivity contribution in [1.82, 2.24) is 0 Å². The summed E-state index contributed by atoms with van der Waals surface area (Å²) in [7, 11) is -3.96. The van der Waals surface area contributed by atoms with Crippen LogP contribution in [-0.4, -0.2) is 14.8 Å². The molecule has 0 aromatic heterocycles. The summed E-state index contributed by atoms with van der Waals surface area (Å²) in [5.41, 5.74) is 0.932. The van der Waals surface area contributed by atoms with Crippen LogP contribution in [0.5, 0.6) is 0 Å². The summed E-state index contributed by atoms with van der Waals surface area (Å²) < 4.78 is 40.0. The fraction of sp³-hybridized carbons (Fsp3) is 0.400. The molecular formula is C10H13FO3S. The zero-order valence-corrected chi connectivity index (χ0v) is 9.42. The van der Waals surface area contributed by atoms with Crippen LogP contribution in [0.15, 0.2) is 29.2 Å². The van der Waals surface area contributed by atoms with Crippen molar-refractivity contribution in [3.63, 3.8) is 0 Å². The Morgan fingerprint density at radius 2 is 1.87 bits per heavy atom. The highest BCUT2D eigenvalue weighted by Crippen LogP contribution is 2.16. The molecule has 0 saturated heterocycles. The second-order valence-corrected chi connectivity index (χ2v) is 4.75. The maximum atomic E-state index is 12.8. The van der Waals surface area contributed by atoms with Gasteiger partial charge in [-0.15, -0.1) is 0 Å². The molecule has 0 fully saturated rings. The van der Waals surface area contributed by atoms with Crippen LogP contribution in [0.2, 0.25) is 0 Å². The highest BCUT2D eigenvalue weighted by atomic mass is 32.2. The van der Waals surface area contributed by atoms with Crippen LogP contribution in [0, 0.1) is 6.92 Å². The molecule has 1 rings (SSSR count). The van der Waals surface area contributed by atoms with E-state index >= 15 is 0 Å². The summed E-state index contributed by atoms with van der Waals surface area (Å²) in [6.45, 7) is 3.34. The third-order valence-corrected chi connectivity index (χ3v) is 3.17. The fourth-order valence-corrected chi connectivity index (χ4v) is 1.96. The van der Waals surface area contributed by atoms with E-state index in [0.29, 0.717) is 0 Å². The molecule has 0 saturated carbocycles. The first-order valence-electron chi connectivity index (χ1n) is 4.59.